The molecule has 0 heterocycles. The molecule has 2 atom stereocenters. The molecule has 1 aromatic rings. The second-order valence-electron chi connectivity index (χ2n) is 4.30. The van der Waals surface area contributed by atoms with Gasteiger partial charge in [0.05, 0.1) is 0 Å². The highest BCUT2D eigenvalue weighted by molar-refractivity contribution is 9.10. The van der Waals surface area contributed by atoms with Crippen LogP contribution < -0.4 is 5.32 Å². The topological polar surface area (TPSA) is 29.1 Å². The summed E-state index contributed by atoms with van der Waals surface area (Å²) in [7, 11) is 0. The van der Waals surface area contributed by atoms with Gasteiger partial charge in [0.1, 0.15) is 0 Å². The summed E-state index contributed by atoms with van der Waals surface area (Å²) in [5, 5.41) is 3.01. The number of carbonyl (C=O) groups is 1. The first kappa shape index (κ1) is 14.7. The molecule has 4 heteroatoms. The molecule has 0 aliphatic carbocycles. The molecule has 1 rings (SSSR count). The Bertz CT molecular complexity index is 404. The fraction of sp³-hybridized carbons (Fsp3) is 0.462. The average molecular weight is 363 g/mol. The van der Waals surface area contributed by atoms with Gasteiger partial charge in [0.2, 0.25) is 0 Å². The van der Waals surface area contributed by atoms with E-state index < -0.39 is 0 Å². The Morgan fingerprint density at radius 2 is 2.06 bits per heavy atom. The Morgan fingerprint density at radius 1 is 1.41 bits per heavy atom. The van der Waals surface area contributed by atoms with Gasteiger partial charge < -0.3 is 5.32 Å². The van der Waals surface area contributed by atoms with Crippen molar-refractivity contribution in [3.63, 3.8) is 0 Å². The molecule has 1 aromatic carbocycles. The molecule has 0 aromatic heterocycles. The number of amides is 1. The molecule has 17 heavy (non-hydrogen) atoms. The van der Waals surface area contributed by atoms with E-state index in [1.54, 1.807) is 0 Å². The highest BCUT2D eigenvalue weighted by atomic mass is 79.9. The van der Waals surface area contributed by atoms with Gasteiger partial charge in [0, 0.05) is 20.9 Å². The van der Waals surface area contributed by atoms with E-state index in [-0.39, 0.29) is 11.9 Å². The molecule has 0 saturated heterocycles. The van der Waals surface area contributed by atoms with Crippen LogP contribution in [0.3, 0.4) is 0 Å². The molecule has 0 aliphatic heterocycles. The van der Waals surface area contributed by atoms with Crippen molar-refractivity contribution in [2.75, 3.05) is 0 Å². The van der Waals surface area contributed by atoms with Gasteiger partial charge in [-0.05, 0) is 38.0 Å². The van der Waals surface area contributed by atoms with Crippen molar-refractivity contribution in [2.45, 2.75) is 38.1 Å². The lowest BCUT2D eigenvalue weighted by atomic mass is 10.1. The number of hydrogen-bond donors (Lipinski definition) is 1. The molecule has 0 radical (unpaired) electrons. The van der Waals surface area contributed by atoms with Crippen LogP contribution in [-0.2, 0) is 0 Å². The Balaban J connectivity index is 2.73. The quantitative estimate of drug-likeness (QED) is 0.804. The Kier molecular flexibility index (Phi) is 5.67. The average Bonchev–Trinajstić information content (AvgIpc) is 2.20. The maximum Gasteiger partial charge on any atom is 0.251 e. The SMILES string of the molecule is Cc1c(Br)cccc1C(=O)NC(C)CC(C)Br. The molecule has 2 unspecified atom stereocenters. The summed E-state index contributed by atoms with van der Waals surface area (Å²) in [5.41, 5.74) is 1.71. The molecule has 1 amide bonds. The summed E-state index contributed by atoms with van der Waals surface area (Å²) in [5.74, 6) is -0.00977. The Labute approximate surface area is 119 Å². The van der Waals surface area contributed by atoms with Crippen LogP contribution in [0.25, 0.3) is 0 Å². The zero-order valence-corrected chi connectivity index (χ0v) is 13.4. The van der Waals surface area contributed by atoms with Gasteiger partial charge in [-0.15, -0.1) is 0 Å². The summed E-state index contributed by atoms with van der Waals surface area (Å²) in [6.45, 7) is 6.03. The summed E-state index contributed by atoms with van der Waals surface area (Å²) >= 11 is 6.92. The van der Waals surface area contributed by atoms with Crippen LogP contribution in [0.15, 0.2) is 22.7 Å². The van der Waals surface area contributed by atoms with E-state index in [0.29, 0.717) is 4.83 Å². The van der Waals surface area contributed by atoms with Gasteiger partial charge in [0.25, 0.3) is 5.91 Å². The van der Waals surface area contributed by atoms with Crippen molar-refractivity contribution in [3.8, 4) is 0 Å². The zero-order chi connectivity index (χ0) is 13.0. The molecule has 2 nitrogen and oxygen atoms in total. The predicted octanol–water partition coefficient (Wildman–Crippen LogP) is 4.05. The second kappa shape index (κ2) is 6.55. The maximum absolute atomic E-state index is 12.1. The van der Waals surface area contributed by atoms with Crippen molar-refractivity contribution < 1.29 is 4.79 Å². The van der Waals surface area contributed by atoms with Gasteiger partial charge in [-0.3, -0.25) is 4.79 Å². The fourth-order valence-corrected chi connectivity index (χ4v) is 2.63. The van der Waals surface area contributed by atoms with Crippen LogP contribution in [0.4, 0.5) is 0 Å². The maximum atomic E-state index is 12.1. The fourth-order valence-electron chi connectivity index (χ4n) is 1.70. The first-order valence-electron chi connectivity index (χ1n) is 5.62. The number of hydrogen-bond acceptors (Lipinski definition) is 1. The van der Waals surface area contributed by atoms with Crippen molar-refractivity contribution in [1.29, 1.82) is 0 Å². The van der Waals surface area contributed by atoms with E-state index in [1.165, 1.54) is 0 Å². The monoisotopic (exact) mass is 361 g/mol. The van der Waals surface area contributed by atoms with Crippen molar-refractivity contribution in [1.82, 2.24) is 5.32 Å². The first-order chi connectivity index (χ1) is 7.91. The van der Waals surface area contributed by atoms with Crippen molar-refractivity contribution in [3.05, 3.63) is 33.8 Å². The van der Waals surface area contributed by atoms with Crippen LogP contribution in [0, 0.1) is 6.92 Å². The Hall–Kier alpha value is -0.350. The molecule has 1 N–H and O–H groups in total. The number of rotatable bonds is 4. The second-order valence-corrected chi connectivity index (χ2v) is 6.72. The van der Waals surface area contributed by atoms with E-state index in [4.69, 9.17) is 0 Å². The van der Waals surface area contributed by atoms with Crippen LogP contribution in [0.5, 0.6) is 0 Å². The smallest absolute Gasteiger partial charge is 0.251 e. The zero-order valence-electron chi connectivity index (χ0n) is 10.3. The lowest BCUT2D eigenvalue weighted by Crippen LogP contribution is -2.34. The van der Waals surface area contributed by atoms with Crippen LogP contribution in [-0.4, -0.2) is 16.8 Å². The predicted molar refractivity (Wildman–Crippen MR) is 78.8 cm³/mol. The molecule has 0 bridgehead atoms. The molecule has 94 valence electrons. The van der Waals surface area contributed by atoms with Crippen molar-refractivity contribution >= 4 is 37.8 Å². The van der Waals surface area contributed by atoms with Gasteiger partial charge in [-0.1, -0.05) is 44.8 Å². The third-order valence-corrected chi connectivity index (χ3v) is 3.80. The van der Waals surface area contributed by atoms with Crippen LogP contribution >= 0.6 is 31.9 Å². The summed E-state index contributed by atoms with van der Waals surface area (Å²) in [4.78, 5) is 12.5. The Morgan fingerprint density at radius 3 is 2.65 bits per heavy atom. The van der Waals surface area contributed by atoms with Crippen LogP contribution in [0.1, 0.15) is 36.2 Å². The van der Waals surface area contributed by atoms with E-state index >= 15 is 0 Å². The molecular weight excluding hydrogens is 346 g/mol. The first-order valence-corrected chi connectivity index (χ1v) is 7.32. The summed E-state index contributed by atoms with van der Waals surface area (Å²) in [6.07, 6.45) is 0.915. The molecular formula is C13H17Br2NO. The van der Waals surface area contributed by atoms with E-state index in [0.717, 1.165) is 22.0 Å². The van der Waals surface area contributed by atoms with Gasteiger partial charge >= 0.3 is 0 Å². The summed E-state index contributed by atoms with van der Waals surface area (Å²) < 4.78 is 0.965. The number of benzene rings is 1. The number of halogens is 2. The minimum Gasteiger partial charge on any atom is -0.350 e. The molecule has 0 aliphatic rings. The molecule has 0 saturated carbocycles. The third-order valence-electron chi connectivity index (χ3n) is 2.57. The highest BCUT2D eigenvalue weighted by Gasteiger charge is 2.14. The number of carbonyl (C=O) groups excluding carboxylic acids is 1. The standard InChI is InChI=1S/C13H17Br2NO/c1-8(14)7-9(2)16-13(17)11-5-4-6-12(15)10(11)3/h4-6,8-9H,7H2,1-3H3,(H,16,17). The van der Waals surface area contributed by atoms with Gasteiger partial charge in [-0.25, -0.2) is 0 Å². The normalized spacial score (nSPS) is 14.2. The minimum absolute atomic E-state index is 0.00977. The van der Waals surface area contributed by atoms with E-state index in [9.17, 15) is 4.79 Å². The highest BCUT2D eigenvalue weighted by Crippen LogP contribution is 2.19. The van der Waals surface area contributed by atoms with Crippen LogP contribution in [0.2, 0.25) is 0 Å². The lowest BCUT2D eigenvalue weighted by Gasteiger charge is -2.16. The summed E-state index contributed by atoms with van der Waals surface area (Å²) in [6, 6.07) is 5.83. The minimum atomic E-state index is -0.00977. The third kappa shape index (κ3) is 4.43. The van der Waals surface area contributed by atoms with Gasteiger partial charge in [0.15, 0.2) is 0 Å². The van der Waals surface area contributed by atoms with Crippen molar-refractivity contribution in [2.24, 2.45) is 0 Å². The van der Waals surface area contributed by atoms with E-state index in [1.807, 2.05) is 32.0 Å². The lowest BCUT2D eigenvalue weighted by molar-refractivity contribution is 0.0938. The molecule has 0 spiro atoms. The number of nitrogens with one attached hydrogen (secondary N) is 1. The number of alkyl halides is 1. The van der Waals surface area contributed by atoms with E-state index in [2.05, 4.69) is 44.1 Å². The largest absolute Gasteiger partial charge is 0.350 e. The van der Waals surface area contributed by atoms with Gasteiger partial charge in [-0.2, -0.15) is 0 Å². The molecule has 0 fully saturated rings.